The number of anilines is 1. The Bertz CT molecular complexity index is 704. The van der Waals surface area contributed by atoms with Crippen LogP contribution in [0.5, 0.6) is 5.75 Å². The van der Waals surface area contributed by atoms with Gasteiger partial charge in [0.2, 0.25) is 5.91 Å². The number of amides is 2. The first-order valence-corrected chi connectivity index (χ1v) is 8.78. The van der Waals surface area contributed by atoms with Gasteiger partial charge in [0.15, 0.2) is 0 Å². The largest absolute Gasteiger partial charge is 0.495 e. The van der Waals surface area contributed by atoms with Crippen molar-refractivity contribution in [2.75, 3.05) is 38.7 Å². The van der Waals surface area contributed by atoms with Gasteiger partial charge in [-0.1, -0.05) is 0 Å². The third kappa shape index (κ3) is 3.43. The summed E-state index contributed by atoms with van der Waals surface area (Å²) in [6, 6.07) is 4.95. The number of methoxy groups -OCH3 is 1. The highest BCUT2D eigenvalue weighted by atomic mass is 35.5. The molecule has 1 atom stereocenters. The first-order chi connectivity index (χ1) is 11.8. The number of carbonyl (C=O) groups is 2. The average molecular weight is 387 g/mol. The minimum absolute atomic E-state index is 0.108. The standard InChI is InChI=1S/C17H20Cl2N2O4/c1-16(10-17(16,18)19)15(23)20-12-9-11(3-4-13(12)24-2)14(22)21-5-7-25-8-6-21/h3-4,9H,5-8,10H2,1-2H3,(H,20,23)/t16-/m1/s1. The fourth-order valence-corrected chi connectivity index (χ4v) is 3.50. The Hall–Kier alpha value is -1.50. The van der Waals surface area contributed by atoms with Crippen LogP contribution in [0.25, 0.3) is 0 Å². The highest BCUT2D eigenvalue weighted by Gasteiger charge is 2.68. The van der Waals surface area contributed by atoms with Crippen molar-refractivity contribution in [1.29, 1.82) is 0 Å². The smallest absolute Gasteiger partial charge is 0.254 e. The normalized spacial score (nSPS) is 24.6. The third-order valence-electron chi connectivity index (χ3n) is 4.75. The first-order valence-electron chi connectivity index (χ1n) is 8.03. The van der Waals surface area contributed by atoms with Gasteiger partial charge in [-0.05, 0) is 31.5 Å². The molecule has 1 N–H and O–H groups in total. The quantitative estimate of drug-likeness (QED) is 0.807. The molecule has 136 valence electrons. The number of rotatable bonds is 4. The van der Waals surface area contributed by atoms with Crippen molar-refractivity contribution in [2.45, 2.75) is 17.7 Å². The van der Waals surface area contributed by atoms with Gasteiger partial charge in [-0.15, -0.1) is 23.2 Å². The van der Waals surface area contributed by atoms with Gasteiger partial charge in [0.05, 0.1) is 31.4 Å². The molecule has 2 fully saturated rings. The van der Waals surface area contributed by atoms with E-state index in [-0.39, 0.29) is 11.8 Å². The number of halogens is 2. The molecule has 0 aromatic heterocycles. The molecule has 1 aliphatic heterocycles. The average Bonchev–Trinajstić information content (AvgIpc) is 3.14. The van der Waals surface area contributed by atoms with Gasteiger partial charge in [-0.25, -0.2) is 0 Å². The zero-order valence-electron chi connectivity index (χ0n) is 14.1. The van der Waals surface area contributed by atoms with Crippen LogP contribution in [0.4, 0.5) is 5.69 Å². The number of morpholine rings is 1. The lowest BCUT2D eigenvalue weighted by molar-refractivity contribution is -0.120. The van der Waals surface area contributed by atoms with Crippen molar-refractivity contribution in [3.63, 3.8) is 0 Å². The highest BCUT2D eigenvalue weighted by Crippen LogP contribution is 2.64. The molecule has 1 saturated carbocycles. The highest BCUT2D eigenvalue weighted by molar-refractivity contribution is 6.53. The van der Waals surface area contributed by atoms with Crippen molar-refractivity contribution in [3.8, 4) is 5.75 Å². The van der Waals surface area contributed by atoms with Gasteiger partial charge in [0.25, 0.3) is 5.91 Å². The SMILES string of the molecule is COc1ccc(C(=O)N2CCOCC2)cc1NC(=O)[C@@]1(C)CC1(Cl)Cl. The van der Waals surface area contributed by atoms with Crippen LogP contribution >= 0.6 is 23.2 Å². The summed E-state index contributed by atoms with van der Waals surface area (Å²) in [5.74, 6) is 0.0563. The molecule has 1 aromatic carbocycles. The van der Waals surface area contributed by atoms with Crippen molar-refractivity contribution < 1.29 is 19.1 Å². The second-order valence-corrected chi connectivity index (χ2v) is 7.97. The summed E-state index contributed by atoms with van der Waals surface area (Å²) in [7, 11) is 1.50. The number of alkyl halides is 2. The summed E-state index contributed by atoms with van der Waals surface area (Å²) >= 11 is 12.1. The lowest BCUT2D eigenvalue weighted by Gasteiger charge is -2.27. The van der Waals surface area contributed by atoms with Crippen LogP contribution in [0.3, 0.4) is 0 Å². The molecule has 3 rings (SSSR count). The van der Waals surface area contributed by atoms with Gasteiger partial charge in [0, 0.05) is 18.7 Å². The van der Waals surface area contributed by atoms with E-state index in [1.165, 1.54) is 7.11 Å². The summed E-state index contributed by atoms with van der Waals surface area (Å²) in [4.78, 5) is 26.9. The Balaban J connectivity index is 1.81. The molecule has 1 aliphatic carbocycles. The van der Waals surface area contributed by atoms with Crippen molar-refractivity contribution >= 4 is 40.7 Å². The predicted molar refractivity (Wildman–Crippen MR) is 95.5 cm³/mol. The minimum Gasteiger partial charge on any atom is -0.495 e. The topological polar surface area (TPSA) is 67.9 Å². The molecule has 2 amide bonds. The summed E-state index contributed by atoms with van der Waals surface area (Å²) in [5, 5.41) is 2.79. The van der Waals surface area contributed by atoms with E-state index in [0.717, 1.165) is 0 Å². The van der Waals surface area contributed by atoms with E-state index in [1.54, 1.807) is 30.0 Å². The van der Waals surface area contributed by atoms with Gasteiger partial charge in [0.1, 0.15) is 10.1 Å². The van der Waals surface area contributed by atoms with Crippen molar-refractivity contribution in [3.05, 3.63) is 23.8 Å². The van der Waals surface area contributed by atoms with E-state index in [1.807, 2.05) is 0 Å². The Kier molecular flexibility index (Phi) is 4.88. The number of benzene rings is 1. The molecule has 2 aliphatic rings. The Morgan fingerprint density at radius 2 is 1.92 bits per heavy atom. The molecule has 0 bridgehead atoms. The molecule has 6 nitrogen and oxygen atoms in total. The van der Waals surface area contributed by atoms with E-state index in [0.29, 0.717) is 49.7 Å². The first kappa shape index (κ1) is 18.3. The fourth-order valence-electron chi connectivity index (χ4n) is 2.79. The van der Waals surface area contributed by atoms with E-state index in [2.05, 4.69) is 5.32 Å². The number of ether oxygens (including phenoxy) is 2. The number of nitrogens with zero attached hydrogens (tertiary/aromatic N) is 1. The molecule has 0 unspecified atom stereocenters. The van der Waals surface area contributed by atoms with Crippen LogP contribution in [0, 0.1) is 5.41 Å². The van der Waals surface area contributed by atoms with E-state index in [4.69, 9.17) is 32.7 Å². The molecule has 1 aromatic rings. The van der Waals surface area contributed by atoms with Crippen LogP contribution in [-0.2, 0) is 9.53 Å². The summed E-state index contributed by atoms with van der Waals surface area (Å²) < 4.78 is 9.49. The molecule has 8 heteroatoms. The second-order valence-electron chi connectivity index (χ2n) is 6.49. The van der Waals surface area contributed by atoms with Crippen molar-refractivity contribution in [2.24, 2.45) is 5.41 Å². The van der Waals surface area contributed by atoms with Crippen LogP contribution in [0.1, 0.15) is 23.7 Å². The summed E-state index contributed by atoms with van der Waals surface area (Å²) in [6.45, 7) is 3.85. The Morgan fingerprint density at radius 3 is 2.48 bits per heavy atom. The lowest BCUT2D eigenvalue weighted by Crippen LogP contribution is -2.40. The number of hydrogen-bond acceptors (Lipinski definition) is 4. The molecule has 25 heavy (non-hydrogen) atoms. The maximum atomic E-state index is 12.6. The van der Waals surface area contributed by atoms with E-state index < -0.39 is 9.75 Å². The third-order valence-corrected chi connectivity index (χ3v) is 5.85. The monoisotopic (exact) mass is 386 g/mol. The van der Waals surface area contributed by atoms with E-state index >= 15 is 0 Å². The van der Waals surface area contributed by atoms with E-state index in [9.17, 15) is 9.59 Å². The minimum atomic E-state index is -1.06. The van der Waals surface area contributed by atoms with Gasteiger partial charge >= 0.3 is 0 Å². The summed E-state index contributed by atoms with van der Waals surface area (Å²) in [5.41, 5.74) is 0.0385. The van der Waals surface area contributed by atoms with Crippen LogP contribution in [-0.4, -0.2) is 54.5 Å². The Morgan fingerprint density at radius 1 is 1.28 bits per heavy atom. The maximum Gasteiger partial charge on any atom is 0.254 e. The second kappa shape index (κ2) is 6.67. The maximum absolute atomic E-state index is 12.6. The van der Waals surface area contributed by atoms with Gasteiger partial charge in [-0.2, -0.15) is 0 Å². The zero-order chi connectivity index (χ0) is 18.2. The molecule has 0 radical (unpaired) electrons. The van der Waals surface area contributed by atoms with Crippen molar-refractivity contribution in [1.82, 2.24) is 4.90 Å². The Labute approximate surface area is 156 Å². The molecule has 0 spiro atoms. The summed E-state index contributed by atoms with van der Waals surface area (Å²) in [6.07, 6.45) is 0.379. The molecular formula is C17H20Cl2N2O4. The number of nitrogens with one attached hydrogen (secondary N) is 1. The van der Waals surface area contributed by atoms with Crippen LogP contribution in [0.2, 0.25) is 0 Å². The van der Waals surface area contributed by atoms with Gasteiger partial charge in [-0.3, -0.25) is 9.59 Å². The zero-order valence-corrected chi connectivity index (χ0v) is 15.6. The molecule has 1 saturated heterocycles. The van der Waals surface area contributed by atoms with Gasteiger partial charge < -0.3 is 19.7 Å². The van der Waals surface area contributed by atoms with Crippen LogP contribution < -0.4 is 10.1 Å². The molecule has 1 heterocycles. The fraction of sp³-hybridized carbons (Fsp3) is 0.529. The lowest BCUT2D eigenvalue weighted by atomic mass is 10.1. The predicted octanol–water partition coefficient (Wildman–Crippen LogP) is 2.69. The number of carbonyl (C=O) groups excluding carboxylic acids is 2. The molecular weight excluding hydrogens is 367 g/mol. The number of hydrogen-bond donors (Lipinski definition) is 1. The van der Waals surface area contributed by atoms with Crippen LogP contribution in [0.15, 0.2) is 18.2 Å².